The zero-order valence-electron chi connectivity index (χ0n) is 18.1. The van der Waals surface area contributed by atoms with E-state index in [0.29, 0.717) is 33.0 Å². The molecule has 35 heavy (non-hydrogen) atoms. The summed E-state index contributed by atoms with van der Waals surface area (Å²) in [5.74, 6) is 0.259. The number of fused-ring (bicyclic) bond motifs is 2. The highest BCUT2D eigenvalue weighted by Gasteiger charge is 2.13. The third-order valence-corrected chi connectivity index (χ3v) is 6.72. The molecule has 0 saturated heterocycles. The van der Waals surface area contributed by atoms with Crippen LogP contribution < -0.4 is 10.2 Å². The van der Waals surface area contributed by atoms with Crippen LogP contribution in [-0.4, -0.2) is 12.1 Å². The lowest BCUT2D eigenvalue weighted by Gasteiger charge is -2.12. The normalized spacial score (nSPS) is 11.4. The number of furan rings is 1. The van der Waals surface area contributed by atoms with E-state index in [9.17, 15) is 4.79 Å². The van der Waals surface area contributed by atoms with Crippen LogP contribution in [0.3, 0.4) is 0 Å². The fourth-order valence-corrected chi connectivity index (χ4v) is 5.07. The summed E-state index contributed by atoms with van der Waals surface area (Å²) in [7, 11) is 0. The van der Waals surface area contributed by atoms with Crippen LogP contribution >= 0.6 is 43.5 Å². The van der Waals surface area contributed by atoms with Gasteiger partial charge in [-0.3, -0.25) is 4.79 Å². The molecule has 174 valence electrons. The van der Waals surface area contributed by atoms with Gasteiger partial charge in [0, 0.05) is 9.86 Å². The van der Waals surface area contributed by atoms with Crippen LogP contribution in [0.1, 0.15) is 21.7 Å². The molecule has 5 nitrogen and oxygen atoms in total. The molecular weight excluding hydrogens is 596 g/mol. The summed E-state index contributed by atoms with van der Waals surface area (Å²) in [4.78, 5) is 12.4. The zero-order chi connectivity index (χ0) is 24.4. The molecule has 1 heterocycles. The Hall–Kier alpha value is -3.13. The predicted molar refractivity (Wildman–Crippen MR) is 146 cm³/mol. The Balaban J connectivity index is 1.26. The number of halogens is 3. The first-order valence-corrected chi connectivity index (χ1v) is 12.6. The van der Waals surface area contributed by atoms with Crippen molar-refractivity contribution in [3.05, 3.63) is 110 Å². The summed E-state index contributed by atoms with van der Waals surface area (Å²) in [5, 5.41) is 7.57. The average molecular weight is 613 g/mol. The predicted octanol–water partition coefficient (Wildman–Crippen LogP) is 8.11. The lowest BCUT2D eigenvalue weighted by Crippen LogP contribution is -2.16. The van der Waals surface area contributed by atoms with Gasteiger partial charge in [0.1, 0.15) is 12.2 Å². The fraction of sp³-hybridized carbons (Fsp3) is 0.0370. The number of amides is 1. The fourth-order valence-electron chi connectivity index (χ4n) is 3.71. The van der Waals surface area contributed by atoms with Crippen molar-refractivity contribution in [2.75, 3.05) is 0 Å². The minimum Gasteiger partial charge on any atom is -0.486 e. The maximum absolute atomic E-state index is 12.4. The Morgan fingerprint density at radius 1 is 1.00 bits per heavy atom. The molecule has 0 fully saturated rings. The third kappa shape index (κ3) is 5.27. The number of carbonyl (C=O) groups is 1. The topological polar surface area (TPSA) is 63.8 Å². The van der Waals surface area contributed by atoms with Crippen LogP contribution in [-0.2, 0) is 6.61 Å². The Bertz CT molecular complexity index is 1570. The second-order valence-corrected chi connectivity index (χ2v) is 9.91. The van der Waals surface area contributed by atoms with Crippen LogP contribution in [0, 0.1) is 0 Å². The lowest BCUT2D eigenvalue weighted by molar-refractivity contribution is 0.0929. The maximum Gasteiger partial charge on any atom is 0.307 e. The minimum absolute atomic E-state index is 0.173. The van der Waals surface area contributed by atoms with Crippen LogP contribution in [0.5, 0.6) is 5.75 Å². The van der Waals surface area contributed by atoms with E-state index in [1.54, 1.807) is 18.2 Å². The summed E-state index contributed by atoms with van der Waals surface area (Å²) in [6.07, 6.45) is 1.50. The highest BCUT2D eigenvalue weighted by atomic mass is 79.9. The minimum atomic E-state index is -0.450. The molecule has 4 aromatic carbocycles. The summed E-state index contributed by atoms with van der Waals surface area (Å²) in [6.45, 7) is 0.372. The van der Waals surface area contributed by atoms with E-state index < -0.39 is 5.91 Å². The molecule has 0 aliphatic rings. The SMILES string of the molecule is O=C(N/N=C/c1cc(Cl)c(OCc2cccc3ccccc23)c(Br)c1)c1cc2cc(Br)ccc2o1. The molecule has 1 N–H and O–H groups in total. The van der Waals surface area contributed by atoms with Gasteiger partial charge < -0.3 is 9.15 Å². The van der Waals surface area contributed by atoms with Gasteiger partial charge in [0.25, 0.3) is 0 Å². The van der Waals surface area contributed by atoms with Crippen molar-refractivity contribution in [1.29, 1.82) is 0 Å². The van der Waals surface area contributed by atoms with E-state index in [4.69, 9.17) is 20.8 Å². The quantitative estimate of drug-likeness (QED) is 0.156. The first kappa shape index (κ1) is 23.6. The number of ether oxygens (including phenoxy) is 1. The molecular formula is C27H17Br2ClN2O3. The molecule has 5 rings (SSSR count). The van der Waals surface area contributed by atoms with Gasteiger partial charge in [-0.2, -0.15) is 5.10 Å². The summed E-state index contributed by atoms with van der Waals surface area (Å²) in [5.41, 5.74) is 4.85. The van der Waals surface area contributed by atoms with Crippen LogP contribution in [0.25, 0.3) is 21.7 Å². The molecule has 5 aromatic rings. The number of carbonyl (C=O) groups excluding carboxylic acids is 1. The van der Waals surface area contributed by atoms with Gasteiger partial charge >= 0.3 is 5.91 Å². The van der Waals surface area contributed by atoms with Crippen LogP contribution in [0.2, 0.25) is 5.02 Å². The molecule has 0 bridgehead atoms. The van der Waals surface area contributed by atoms with E-state index in [-0.39, 0.29) is 5.76 Å². The number of rotatable bonds is 6. The molecule has 0 aliphatic heterocycles. The van der Waals surface area contributed by atoms with Gasteiger partial charge in [-0.25, -0.2) is 5.43 Å². The number of nitrogens with zero attached hydrogens (tertiary/aromatic N) is 1. The van der Waals surface area contributed by atoms with Crippen molar-refractivity contribution in [2.45, 2.75) is 6.61 Å². The first-order valence-electron chi connectivity index (χ1n) is 10.6. The highest BCUT2D eigenvalue weighted by molar-refractivity contribution is 9.10. The number of hydrazone groups is 1. The van der Waals surface area contributed by atoms with Gasteiger partial charge in [0.15, 0.2) is 11.5 Å². The van der Waals surface area contributed by atoms with Gasteiger partial charge in [0.2, 0.25) is 0 Å². The second kappa shape index (κ2) is 10.2. The van der Waals surface area contributed by atoms with Crippen molar-refractivity contribution in [3.63, 3.8) is 0 Å². The van der Waals surface area contributed by atoms with Crippen molar-refractivity contribution in [2.24, 2.45) is 5.10 Å². The molecule has 0 saturated carbocycles. The summed E-state index contributed by atoms with van der Waals surface area (Å²) in [6, 6.07) is 25.0. The van der Waals surface area contributed by atoms with E-state index in [2.05, 4.69) is 60.6 Å². The monoisotopic (exact) mass is 610 g/mol. The van der Waals surface area contributed by atoms with E-state index in [1.807, 2.05) is 42.5 Å². The lowest BCUT2D eigenvalue weighted by atomic mass is 10.1. The molecule has 1 aromatic heterocycles. The van der Waals surface area contributed by atoms with Gasteiger partial charge in [-0.1, -0.05) is 70.0 Å². The molecule has 0 radical (unpaired) electrons. The van der Waals surface area contributed by atoms with E-state index >= 15 is 0 Å². The smallest absolute Gasteiger partial charge is 0.307 e. The number of nitrogens with one attached hydrogen (secondary N) is 1. The largest absolute Gasteiger partial charge is 0.486 e. The Morgan fingerprint density at radius 2 is 1.83 bits per heavy atom. The van der Waals surface area contributed by atoms with E-state index in [0.717, 1.165) is 26.2 Å². The zero-order valence-corrected chi connectivity index (χ0v) is 22.0. The Labute approximate surface area is 223 Å². The Morgan fingerprint density at radius 3 is 2.69 bits per heavy atom. The van der Waals surface area contributed by atoms with Crippen molar-refractivity contribution in [1.82, 2.24) is 5.43 Å². The maximum atomic E-state index is 12.4. The third-order valence-electron chi connectivity index (χ3n) is 5.35. The summed E-state index contributed by atoms with van der Waals surface area (Å²) >= 11 is 13.4. The molecule has 0 spiro atoms. The molecule has 0 atom stereocenters. The molecule has 1 amide bonds. The van der Waals surface area contributed by atoms with Crippen LogP contribution in [0.15, 0.2) is 97.3 Å². The van der Waals surface area contributed by atoms with Gasteiger partial charge in [-0.15, -0.1) is 0 Å². The van der Waals surface area contributed by atoms with Crippen molar-refractivity contribution in [3.8, 4) is 5.75 Å². The van der Waals surface area contributed by atoms with Crippen molar-refractivity contribution < 1.29 is 13.9 Å². The van der Waals surface area contributed by atoms with E-state index in [1.165, 1.54) is 6.21 Å². The number of hydrogen-bond acceptors (Lipinski definition) is 4. The number of hydrogen-bond donors (Lipinski definition) is 1. The van der Waals surface area contributed by atoms with Gasteiger partial charge in [0.05, 0.1) is 15.7 Å². The van der Waals surface area contributed by atoms with Gasteiger partial charge in [-0.05, 0) is 74.2 Å². The molecule has 0 aliphatic carbocycles. The van der Waals surface area contributed by atoms with Crippen LogP contribution in [0.4, 0.5) is 0 Å². The summed E-state index contributed by atoms with van der Waals surface area (Å²) < 4.78 is 13.2. The Kier molecular flexibility index (Phi) is 6.90. The van der Waals surface area contributed by atoms with Crippen molar-refractivity contribution >= 4 is 77.3 Å². The first-order chi connectivity index (χ1) is 17.0. The second-order valence-electron chi connectivity index (χ2n) is 7.73. The number of benzene rings is 4. The standard InChI is InChI=1S/C27H17Br2ClN2O3/c28-20-8-9-24-19(12-20)13-25(35-24)27(33)32-31-14-16-10-22(29)26(23(30)11-16)34-15-18-6-3-5-17-4-1-2-7-21(17)18/h1-14H,15H2,(H,32,33)/b31-14+. The highest BCUT2D eigenvalue weighted by Crippen LogP contribution is 2.35. The molecule has 8 heteroatoms. The average Bonchev–Trinajstić information content (AvgIpc) is 3.27. The molecule has 0 unspecified atom stereocenters.